The van der Waals surface area contributed by atoms with Crippen molar-refractivity contribution in [1.82, 2.24) is 4.90 Å². The van der Waals surface area contributed by atoms with E-state index in [1.54, 1.807) is 0 Å². The van der Waals surface area contributed by atoms with E-state index in [0.29, 0.717) is 12.5 Å². The number of nitrogens with two attached hydrogens (primary N) is 1. The Morgan fingerprint density at radius 2 is 2.15 bits per heavy atom. The Morgan fingerprint density at radius 3 is 2.75 bits per heavy atom. The number of hydrogen-bond acceptors (Lipinski definition) is 3. The van der Waals surface area contributed by atoms with Crippen molar-refractivity contribution >= 4 is 34.2 Å². The molecule has 1 amide bonds. The number of benzene rings is 1. The minimum atomic E-state index is 0.00705. The van der Waals surface area contributed by atoms with Crippen LogP contribution in [-0.4, -0.2) is 37.0 Å². The molecule has 1 atom stereocenters. The summed E-state index contributed by atoms with van der Waals surface area (Å²) in [5, 5.41) is 2.91. The number of amides is 1. The molecular formula is C15H24IN3O. The molecule has 0 saturated carbocycles. The average Bonchev–Trinajstić information content (AvgIpc) is 2.35. The van der Waals surface area contributed by atoms with E-state index in [2.05, 4.69) is 41.8 Å². The van der Waals surface area contributed by atoms with Crippen molar-refractivity contribution < 1.29 is 4.79 Å². The summed E-state index contributed by atoms with van der Waals surface area (Å²) < 4.78 is 1.11. The molecule has 1 aromatic rings. The standard InChI is InChI=1S/C15H24IN3O/c1-11(2)14(17)7-8-19(3)10-15(20)18-13-6-4-5-12(16)9-13/h4-6,9,11,14H,7-8,10,17H2,1-3H3,(H,18,20). The van der Waals surface area contributed by atoms with Crippen molar-refractivity contribution in [3.8, 4) is 0 Å². The number of carbonyl (C=O) groups excluding carboxylic acids is 1. The van der Waals surface area contributed by atoms with Crippen LogP contribution in [-0.2, 0) is 4.79 Å². The number of nitrogens with zero attached hydrogens (tertiary/aromatic N) is 1. The molecule has 5 heteroatoms. The van der Waals surface area contributed by atoms with E-state index in [4.69, 9.17) is 5.73 Å². The molecule has 0 aromatic heterocycles. The van der Waals surface area contributed by atoms with Crippen LogP contribution in [0.2, 0.25) is 0 Å². The number of anilines is 1. The molecule has 0 aliphatic heterocycles. The lowest BCUT2D eigenvalue weighted by molar-refractivity contribution is -0.117. The molecule has 0 fully saturated rings. The Bertz CT molecular complexity index is 437. The highest BCUT2D eigenvalue weighted by Crippen LogP contribution is 2.12. The molecule has 0 saturated heterocycles. The molecule has 1 unspecified atom stereocenters. The summed E-state index contributed by atoms with van der Waals surface area (Å²) in [6.45, 7) is 5.46. The van der Waals surface area contributed by atoms with Gasteiger partial charge in [-0.25, -0.2) is 0 Å². The predicted molar refractivity (Wildman–Crippen MR) is 92.7 cm³/mol. The summed E-state index contributed by atoms with van der Waals surface area (Å²) in [5.41, 5.74) is 6.85. The predicted octanol–water partition coefficient (Wildman–Crippen LogP) is 2.53. The summed E-state index contributed by atoms with van der Waals surface area (Å²) in [7, 11) is 1.95. The van der Waals surface area contributed by atoms with Crippen LogP contribution in [0, 0.1) is 9.49 Å². The molecule has 0 aliphatic carbocycles. The Morgan fingerprint density at radius 1 is 1.45 bits per heavy atom. The largest absolute Gasteiger partial charge is 0.327 e. The molecule has 20 heavy (non-hydrogen) atoms. The Balaban J connectivity index is 2.35. The van der Waals surface area contributed by atoms with Gasteiger partial charge < -0.3 is 11.1 Å². The van der Waals surface area contributed by atoms with E-state index in [-0.39, 0.29) is 11.9 Å². The van der Waals surface area contributed by atoms with Gasteiger partial charge in [-0.3, -0.25) is 9.69 Å². The van der Waals surface area contributed by atoms with Crippen LogP contribution in [0.1, 0.15) is 20.3 Å². The van der Waals surface area contributed by atoms with Crippen molar-refractivity contribution in [2.24, 2.45) is 11.7 Å². The molecule has 0 heterocycles. The maximum atomic E-state index is 11.9. The van der Waals surface area contributed by atoms with Crippen molar-refractivity contribution in [3.63, 3.8) is 0 Å². The third kappa shape index (κ3) is 6.67. The molecule has 112 valence electrons. The van der Waals surface area contributed by atoms with Gasteiger partial charge in [0.2, 0.25) is 5.91 Å². The fourth-order valence-corrected chi connectivity index (χ4v) is 2.34. The first-order valence-electron chi connectivity index (χ1n) is 6.88. The van der Waals surface area contributed by atoms with Crippen LogP contribution in [0.3, 0.4) is 0 Å². The third-order valence-electron chi connectivity index (χ3n) is 3.22. The average molecular weight is 389 g/mol. The SMILES string of the molecule is CC(C)C(N)CCN(C)CC(=O)Nc1cccc(I)c1. The van der Waals surface area contributed by atoms with Crippen LogP contribution < -0.4 is 11.1 Å². The number of halogens is 1. The van der Waals surface area contributed by atoms with Gasteiger partial charge in [0.1, 0.15) is 0 Å². The van der Waals surface area contributed by atoms with Gasteiger partial charge in [-0.05, 0) is 66.7 Å². The number of rotatable bonds is 7. The Hall–Kier alpha value is -0.660. The first-order valence-corrected chi connectivity index (χ1v) is 7.96. The van der Waals surface area contributed by atoms with E-state index in [1.165, 1.54) is 0 Å². The van der Waals surface area contributed by atoms with E-state index in [9.17, 15) is 4.79 Å². The lowest BCUT2D eigenvalue weighted by Crippen LogP contribution is -2.35. The molecule has 0 aliphatic rings. The van der Waals surface area contributed by atoms with Crippen LogP contribution in [0.5, 0.6) is 0 Å². The molecule has 1 aromatic carbocycles. The van der Waals surface area contributed by atoms with Gasteiger partial charge in [-0.2, -0.15) is 0 Å². The highest BCUT2D eigenvalue weighted by Gasteiger charge is 2.11. The molecule has 3 N–H and O–H groups in total. The molecule has 1 rings (SSSR count). The Labute approximate surface area is 135 Å². The number of likely N-dealkylation sites (N-methyl/N-ethyl adjacent to an activating group) is 1. The van der Waals surface area contributed by atoms with Gasteiger partial charge >= 0.3 is 0 Å². The zero-order valence-electron chi connectivity index (χ0n) is 12.4. The normalized spacial score (nSPS) is 12.8. The van der Waals surface area contributed by atoms with Crippen LogP contribution >= 0.6 is 22.6 Å². The second-order valence-corrected chi connectivity index (χ2v) is 6.74. The quantitative estimate of drug-likeness (QED) is 0.705. The molecule has 0 radical (unpaired) electrons. The van der Waals surface area contributed by atoms with Gasteiger partial charge in [0.15, 0.2) is 0 Å². The van der Waals surface area contributed by atoms with Crippen molar-refractivity contribution in [1.29, 1.82) is 0 Å². The third-order valence-corrected chi connectivity index (χ3v) is 3.89. The van der Waals surface area contributed by atoms with Gasteiger partial charge in [0.05, 0.1) is 6.54 Å². The van der Waals surface area contributed by atoms with Gasteiger partial charge in [-0.1, -0.05) is 19.9 Å². The van der Waals surface area contributed by atoms with Gasteiger partial charge in [-0.15, -0.1) is 0 Å². The maximum Gasteiger partial charge on any atom is 0.238 e. The van der Waals surface area contributed by atoms with Crippen LogP contribution in [0.25, 0.3) is 0 Å². The van der Waals surface area contributed by atoms with Crippen molar-refractivity contribution in [2.75, 3.05) is 25.5 Å². The zero-order chi connectivity index (χ0) is 15.1. The maximum absolute atomic E-state index is 11.9. The summed E-state index contributed by atoms with van der Waals surface area (Å²) in [6.07, 6.45) is 0.907. The van der Waals surface area contributed by atoms with E-state index < -0.39 is 0 Å². The number of hydrogen-bond donors (Lipinski definition) is 2. The number of carbonyl (C=O) groups is 1. The smallest absolute Gasteiger partial charge is 0.238 e. The monoisotopic (exact) mass is 389 g/mol. The highest BCUT2D eigenvalue weighted by atomic mass is 127. The highest BCUT2D eigenvalue weighted by molar-refractivity contribution is 14.1. The fraction of sp³-hybridized carbons (Fsp3) is 0.533. The summed E-state index contributed by atoms with van der Waals surface area (Å²) >= 11 is 2.23. The minimum Gasteiger partial charge on any atom is -0.327 e. The molecule has 0 bridgehead atoms. The summed E-state index contributed by atoms with van der Waals surface area (Å²) in [5.74, 6) is 0.483. The van der Waals surface area contributed by atoms with Crippen LogP contribution in [0.4, 0.5) is 5.69 Å². The van der Waals surface area contributed by atoms with Crippen molar-refractivity contribution in [2.45, 2.75) is 26.3 Å². The second kappa shape index (κ2) is 8.59. The Kier molecular flexibility index (Phi) is 7.47. The van der Waals surface area contributed by atoms with E-state index >= 15 is 0 Å². The molecule has 0 spiro atoms. The van der Waals surface area contributed by atoms with Gasteiger partial charge in [0.25, 0.3) is 0 Å². The summed E-state index contributed by atoms with van der Waals surface area (Å²) in [4.78, 5) is 13.9. The number of nitrogens with one attached hydrogen (secondary N) is 1. The molecule has 4 nitrogen and oxygen atoms in total. The van der Waals surface area contributed by atoms with Crippen LogP contribution in [0.15, 0.2) is 24.3 Å². The minimum absolute atomic E-state index is 0.00705. The lowest BCUT2D eigenvalue weighted by atomic mass is 10.0. The van der Waals surface area contributed by atoms with Crippen molar-refractivity contribution in [3.05, 3.63) is 27.8 Å². The second-order valence-electron chi connectivity index (χ2n) is 5.49. The molecular weight excluding hydrogens is 365 g/mol. The first-order chi connectivity index (χ1) is 9.38. The summed E-state index contributed by atoms with van der Waals surface area (Å²) in [6, 6.07) is 7.97. The topological polar surface area (TPSA) is 58.4 Å². The zero-order valence-corrected chi connectivity index (χ0v) is 14.6. The lowest BCUT2D eigenvalue weighted by Gasteiger charge is -2.20. The fourth-order valence-electron chi connectivity index (χ4n) is 1.79. The van der Waals surface area contributed by atoms with Gasteiger partial charge in [0, 0.05) is 15.3 Å². The van der Waals surface area contributed by atoms with E-state index in [1.807, 2.05) is 36.2 Å². The van der Waals surface area contributed by atoms with E-state index in [0.717, 1.165) is 22.2 Å². The first kappa shape index (κ1) is 17.4.